The molecule has 0 N–H and O–H groups in total. The fraction of sp³-hybridized carbons (Fsp3) is 0.250. The molecule has 0 fully saturated rings. The van der Waals surface area contributed by atoms with Gasteiger partial charge in [0, 0.05) is 17.7 Å². The van der Waals surface area contributed by atoms with Gasteiger partial charge in [0.05, 0.1) is 17.7 Å². The lowest BCUT2D eigenvalue weighted by Crippen LogP contribution is -1.99. The number of benzene rings is 2. The molecular weight excluding hydrogens is 268 g/mol. The molecule has 0 atom stereocenters. The zero-order valence-electron chi connectivity index (χ0n) is 13.1. The molecule has 1 heterocycles. The van der Waals surface area contributed by atoms with Gasteiger partial charge in [-0.3, -0.25) is 0 Å². The first-order valence-corrected chi connectivity index (χ1v) is 8.06. The Hall–Kier alpha value is -2.35. The monoisotopic (exact) mass is 290 g/mol. The molecule has 0 saturated heterocycles. The fourth-order valence-electron chi connectivity index (χ4n) is 2.79. The van der Waals surface area contributed by atoms with Crippen molar-refractivity contribution in [2.45, 2.75) is 32.7 Å². The van der Waals surface area contributed by atoms with Crippen molar-refractivity contribution in [3.8, 4) is 22.5 Å². The van der Waals surface area contributed by atoms with Gasteiger partial charge >= 0.3 is 0 Å². The van der Waals surface area contributed by atoms with Crippen molar-refractivity contribution in [2.24, 2.45) is 0 Å². The third kappa shape index (κ3) is 3.11. The molecule has 1 aromatic heterocycles. The fourth-order valence-corrected chi connectivity index (χ4v) is 2.79. The Morgan fingerprint density at radius 1 is 0.818 bits per heavy atom. The van der Waals surface area contributed by atoms with E-state index in [9.17, 15) is 0 Å². The second kappa shape index (κ2) is 7.08. The highest BCUT2D eigenvalue weighted by Crippen LogP contribution is 2.31. The number of hydrogen-bond acceptors (Lipinski definition) is 1. The van der Waals surface area contributed by atoms with Crippen LogP contribution in [-0.4, -0.2) is 9.55 Å². The lowest BCUT2D eigenvalue weighted by molar-refractivity contribution is 0.605. The van der Waals surface area contributed by atoms with Crippen LogP contribution in [0.3, 0.4) is 0 Å². The van der Waals surface area contributed by atoms with Gasteiger partial charge in [-0.25, -0.2) is 4.98 Å². The third-order valence-corrected chi connectivity index (χ3v) is 3.93. The number of rotatable bonds is 6. The predicted molar refractivity (Wildman–Crippen MR) is 92.6 cm³/mol. The van der Waals surface area contributed by atoms with Crippen LogP contribution in [0.4, 0.5) is 0 Å². The van der Waals surface area contributed by atoms with Crippen molar-refractivity contribution in [3.63, 3.8) is 0 Å². The van der Waals surface area contributed by atoms with Crippen LogP contribution in [0.15, 0.2) is 67.0 Å². The summed E-state index contributed by atoms with van der Waals surface area (Å²) in [6, 6.07) is 21.0. The average Bonchev–Trinajstić information content (AvgIpc) is 3.01. The van der Waals surface area contributed by atoms with Gasteiger partial charge < -0.3 is 4.57 Å². The molecule has 0 aliphatic rings. The molecule has 2 nitrogen and oxygen atoms in total. The first-order chi connectivity index (χ1) is 10.9. The molecule has 22 heavy (non-hydrogen) atoms. The van der Waals surface area contributed by atoms with Crippen LogP contribution in [0, 0.1) is 0 Å². The van der Waals surface area contributed by atoms with E-state index in [1.165, 1.54) is 36.1 Å². The summed E-state index contributed by atoms with van der Waals surface area (Å²) in [4.78, 5) is 4.70. The molecule has 0 amide bonds. The van der Waals surface area contributed by atoms with Crippen molar-refractivity contribution in [1.29, 1.82) is 0 Å². The minimum Gasteiger partial charge on any atom is -0.330 e. The van der Waals surface area contributed by atoms with Gasteiger partial charge in [-0.1, -0.05) is 80.4 Å². The third-order valence-electron chi connectivity index (χ3n) is 3.93. The minimum absolute atomic E-state index is 1.03. The van der Waals surface area contributed by atoms with Crippen LogP contribution >= 0.6 is 0 Å². The lowest BCUT2D eigenvalue weighted by Gasteiger charge is -2.10. The highest BCUT2D eigenvalue weighted by atomic mass is 15.1. The first kappa shape index (κ1) is 14.6. The molecule has 0 aliphatic heterocycles. The van der Waals surface area contributed by atoms with Gasteiger partial charge in [-0.15, -0.1) is 0 Å². The first-order valence-electron chi connectivity index (χ1n) is 8.06. The molecule has 0 unspecified atom stereocenters. The summed E-state index contributed by atoms with van der Waals surface area (Å²) in [5.74, 6) is 0. The summed E-state index contributed by atoms with van der Waals surface area (Å²) < 4.78 is 2.30. The molecular formula is C20H22N2. The summed E-state index contributed by atoms with van der Waals surface area (Å²) in [6.45, 7) is 3.26. The van der Waals surface area contributed by atoms with Gasteiger partial charge in [-0.05, 0) is 6.42 Å². The van der Waals surface area contributed by atoms with Gasteiger partial charge in [0.1, 0.15) is 0 Å². The quantitative estimate of drug-likeness (QED) is 0.555. The molecule has 3 rings (SSSR count). The highest BCUT2D eigenvalue weighted by molar-refractivity contribution is 5.78. The zero-order chi connectivity index (χ0) is 15.2. The summed E-state index contributed by atoms with van der Waals surface area (Å²) in [5.41, 5.74) is 4.71. The Labute approximate surface area is 132 Å². The molecule has 0 saturated carbocycles. The number of aryl methyl sites for hydroxylation is 1. The van der Waals surface area contributed by atoms with Crippen LogP contribution in [0.5, 0.6) is 0 Å². The molecule has 0 aliphatic carbocycles. The Morgan fingerprint density at radius 3 is 2.09 bits per heavy atom. The Balaban J connectivity index is 2.04. The van der Waals surface area contributed by atoms with Gasteiger partial charge in [0.2, 0.25) is 0 Å². The SMILES string of the molecule is CCCCCn1cnc(-c2ccccc2)c1-c1ccccc1. The normalized spacial score (nSPS) is 10.8. The van der Waals surface area contributed by atoms with Crippen molar-refractivity contribution < 1.29 is 0 Å². The van der Waals surface area contributed by atoms with E-state index in [4.69, 9.17) is 4.98 Å². The topological polar surface area (TPSA) is 17.8 Å². The van der Waals surface area contributed by atoms with Crippen LogP contribution in [0.2, 0.25) is 0 Å². The molecule has 0 bridgehead atoms. The summed E-state index contributed by atoms with van der Waals surface area (Å²) in [6.07, 6.45) is 5.68. The second-order valence-corrected chi connectivity index (χ2v) is 5.57. The van der Waals surface area contributed by atoms with E-state index in [1.807, 2.05) is 12.4 Å². The van der Waals surface area contributed by atoms with E-state index < -0.39 is 0 Å². The standard InChI is InChI=1S/C20H22N2/c1-2-3-10-15-22-16-21-19(17-11-6-4-7-12-17)20(22)18-13-8-5-9-14-18/h4-9,11-14,16H,2-3,10,15H2,1H3. The van der Waals surface area contributed by atoms with Crippen molar-refractivity contribution >= 4 is 0 Å². The Morgan fingerprint density at radius 2 is 1.45 bits per heavy atom. The lowest BCUT2D eigenvalue weighted by atomic mass is 10.0. The van der Waals surface area contributed by atoms with E-state index >= 15 is 0 Å². The van der Waals surface area contributed by atoms with E-state index in [2.05, 4.69) is 66.1 Å². The van der Waals surface area contributed by atoms with E-state index in [-0.39, 0.29) is 0 Å². The van der Waals surface area contributed by atoms with E-state index in [1.54, 1.807) is 0 Å². The van der Waals surface area contributed by atoms with Crippen molar-refractivity contribution in [2.75, 3.05) is 0 Å². The van der Waals surface area contributed by atoms with Crippen molar-refractivity contribution in [3.05, 3.63) is 67.0 Å². The summed E-state index contributed by atoms with van der Waals surface area (Å²) >= 11 is 0. The highest BCUT2D eigenvalue weighted by Gasteiger charge is 2.14. The summed E-state index contributed by atoms with van der Waals surface area (Å²) in [5, 5.41) is 0. The van der Waals surface area contributed by atoms with Crippen LogP contribution < -0.4 is 0 Å². The number of hydrogen-bond donors (Lipinski definition) is 0. The number of aromatic nitrogens is 2. The zero-order valence-corrected chi connectivity index (χ0v) is 13.1. The van der Waals surface area contributed by atoms with Gasteiger partial charge in [0.15, 0.2) is 0 Å². The van der Waals surface area contributed by atoms with Crippen LogP contribution in [0.1, 0.15) is 26.2 Å². The van der Waals surface area contributed by atoms with Gasteiger partial charge in [-0.2, -0.15) is 0 Å². The number of nitrogens with zero attached hydrogens (tertiary/aromatic N) is 2. The van der Waals surface area contributed by atoms with Crippen molar-refractivity contribution in [1.82, 2.24) is 9.55 Å². The Kier molecular flexibility index (Phi) is 4.69. The smallest absolute Gasteiger partial charge is 0.0963 e. The van der Waals surface area contributed by atoms with Crippen LogP contribution in [-0.2, 0) is 6.54 Å². The molecule has 2 heteroatoms. The number of imidazole rings is 1. The average molecular weight is 290 g/mol. The Bertz CT molecular complexity index is 699. The maximum atomic E-state index is 4.70. The molecule has 3 aromatic rings. The van der Waals surface area contributed by atoms with E-state index in [0.717, 1.165) is 12.2 Å². The maximum absolute atomic E-state index is 4.70. The second-order valence-electron chi connectivity index (χ2n) is 5.57. The molecule has 0 spiro atoms. The molecule has 2 aromatic carbocycles. The largest absolute Gasteiger partial charge is 0.330 e. The maximum Gasteiger partial charge on any atom is 0.0963 e. The predicted octanol–water partition coefficient (Wildman–Crippen LogP) is 5.41. The summed E-state index contributed by atoms with van der Waals surface area (Å²) in [7, 11) is 0. The van der Waals surface area contributed by atoms with Gasteiger partial charge in [0.25, 0.3) is 0 Å². The van der Waals surface area contributed by atoms with E-state index in [0.29, 0.717) is 0 Å². The van der Waals surface area contributed by atoms with Crippen LogP contribution in [0.25, 0.3) is 22.5 Å². The molecule has 112 valence electrons. The molecule has 0 radical (unpaired) electrons. The number of unbranched alkanes of at least 4 members (excludes halogenated alkanes) is 2. The minimum atomic E-state index is 1.03.